The predicted molar refractivity (Wildman–Crippen MR) is 67.7 cm³/mol. The van der Waals surface area contributed by atoms with Crippen molar-refractivity contribution in [3.63, 3.8) is 0 Å². The van der Waals surface area contributed by atoms with Crippen LogP contribution < -0.4 is 10.6 Å². The van der Waals surface area contributed by atoms with Crippen molar-refractivity contribution < 1.29 is 13.2 Å². The summed E-state index contributed by atoms with van der Waals surface area (Å²) in [4.78, 5) is 0. The van der Waals surface area contributed by atoms with E-state index in [1.807, 2.05) is 30.3 Å². The summed E-state index contributed by atoms with van der Waals surface area (Å²) in [5, 5.41) is 6.33. The minimum atomic E-state index is -4.02. The van der Waals surface area contributed by atoms with Crippen LogP contribution in [0.3, 0.4) is 0 Å². The van der Waals surface area contributed by atoms with Gasteiger partial charge in [-0.15, -0.1) is 0 Å². The summed E-state index contributed by atoms with van der Waals surface area (Å²) in [6, 6.07) is 9.80. The molecule has 0 aromatic heterocycles. The van der Waals surface area contributed by atoms with E-state index in [1.54, 1.807) is 0 Å². The van der Waals surface area contributed by atoms with Crippen molar-refractivity contribution >= 4 is 5.69 Å². The maximum absolute atomic E-state index is 11.8. The number of rotatable bonds is 8. The van der Waals surface area contributed by atoms with Gasteiger partial charge in [0, 0.05) is 25.2 Å². The number of alkyl halides is 3. The predicted octanol–water partition coefficient (Wildman–Crippen LogP) is 3.42. The molecule has 0 saturated heterocycles. The Morgan fingerprint density at radius 1 is 0.889 bits per heavy atom. The van der Waals surface area contributed by atoms with Crippen molar-refractivity contribution in [1.82, 2.24) is 5.32 Å². The molecule has 0 atom stereocenters. The second kappa shape index (κ2) is 7.97. The molecular formula is C13H19F3N2. The van der Waals surface area contributed by atoms with E-state index in [1.165, 1.54) is 0 Å². The van der Waals surface area contributed by atoms with Crippen molar-refractivity contribution in [3.8, 4) is 0 Å². The summed E-state index contributed by atoms with van der Waals surface area (Å²) in [5.41, 5.74) is 1.05. The van der Waals surface area contributed by atoms with Crippen molar-refractivity contribution in [2.75, 3.05) is 25.0 Å². The lowest BCUT2D eigenvalue weighted by atomic mass is 10.2. The lowest BCUT2D eigenvalue weighted by molar-refractivity contribution is -0.135. The smallest absolute Gasteiger partial charge is 0.384 e. The van der Waals surface area contributed by atoms with E-state index in [0.29, 0.717) is 13.0 Å². The van der Waals surface area contributed by atoms with E-state index in [4.69, 9.17) is 0 Å². The van der Waals surface area contributed by atoms with Gasteiger partial charge >= 0.3 is 6.18 Å². The zero-order valence-electron chi connectivity index (χ0n) is 10.3. The third-order valence-electron chi connectivity index (χ3n) is 2.47. The van der Waals surface area contributed by atoms with Gasteiger partial charge in [-0.3, -0.25) is 0 Å². The molecule has 0 spiro atoms. The van der Waals surface area contributed by atoms with Crippen LogP contribution in [0, 0.1) is 0 Å². The topological polar surface area (TPSA) is 24.1 Å². The number of halogens is 3. The van der Waals surface area contributed by atoms with Crippen LogP contribution in [0.4, 0.5) is 18.9 Å². The van der Waals surface area contributed by atoms with Crippen LogP contribution in [-0.2, 0) is 0 Å². The zero-order chi connectivity index (χ0) is 13.3. The highest BCUT2D eigenvalue weighted by molar-refractivity contribution is 5.42. The van der Waals surface area contributed by atoms with Gasteiger partial charge in [-0.05, 0) is 31.5 Å². The maximum atomic E-state index is 11.8. The molecule has 2 nitrogen and oxygen atoms in total. The molecule has 0 aliphatic carbocycles. The lowest BCUT2D eigenvalue weighted by Crippen LogP contribution is -2.23. The molecule has 2 N–H and O–H groups in total. The zero-order valence-corrected chi connectivity index (χ0v) is 10.3. The molecule has 1 aromatic rings. The van der Waals surface area contributed by atoms with Gasteiger partial charge in [-0.25, -0.2) is 0 Å². The van der Waals surface area contributed by atoms with Crippen LogP contribution in [0.25, 0.3) is 0 Å². The fourth-order valence-electron chi connectivity index (χ4n) is 1.55. The van der Waals surface area contributed by atoms with E-state index < -0.39 is 12.6 Å². The molecule has 5 heteroatoms. The second-order valence-corrected chi connectivity index (χ2v) is 4.12. The minimum absolute atomic E-state index is 0.197. The SMILES string of the molecule is FC(F)(F)CCCCNCCNc1ccccc1. The first-order valence-corrected chi connectivity index (χ1v) is 6.14. The molecule has 0 aliphatic rings. The third-order valence-corrected chi connectivity index (χ3v) is 2.47. The van der Waals surface area contributed by atoms with Crippen LogP contribution in [-0.4, -0.2) is 25.8 Å². The molecule has 1 rings (SSSR count). The summed E-state index contributed by atoms with van der Waals surface area (Å²) in [6.45, 7) is 2.15. The maximum Gasteiger partial charge on any atom is 0.389 e. The van der Waals surface area contributed by atoms with Gasteiger partial charge in [0.2, 0.25) is 0 Å². The number of nitrogens with one attached hydrogen (secondary N) is 2. The van der Waals surface area contributed by atoms with Crippen molar-refractivity contribution in [2.24, 2.45) is 0 Å². The normalized spacial score (nSPS) is 11.5. The average molecular weight is 260 g/mol. The van der Waals surface area contributed by atoms with E-state index in [9.17, 15) is 13.2 Å². The largest absolute Gasteiger partial charge is 0.389 e. The number of benzene rings is 1. The van der Waals surface area contributed by atoms with Crippen molar-refractivity contribution in [3.05, 3.63) is 30.3 Å². The number of unbranched alkanes of at least 4 members (excludes halogenated alkanes) is 1. The first kappa shape index (κ1) is 14.8. The Morgan fingerprint density at radius 2 is 1.61 bits per heavy atom. The Morgan fingerprint density at radius 3 is 2.28 bits per heavy atom. The molecule has 0 unspecified atom stereocenters. The molecule has 102 valence electrons. The molecule has 0 fully saturated rings. The standard InChI is InChI=1S/C13H19F3N2/c14-13(15,16)8-4-5-9-17-10-11-18-12-6-2-1-3-7-12/h1-3,6-7,17-18H,4-5,8-11H2. The summed E-state index contributed by atoms with van der Waals surface area (Å²) in [6.07, 6.45) is -3.95. The number of hydrogen-bond donors (Lipinski definition) is 2. The molecule has 0 radical (unpaired) electrons. The molecule has 0 amide bonds. The van der Waals surface area contributed by atoms with Gasteiger partial charge in [0.25, 0.3) is 0 Å². The first-order valence-electron chi connectivity index (χ1n) is 6.14. The van der Waals surface area contributed by atoms with Crippen LogP contribution in [0.1, 0.15) is 19.3 Å². The molecule has 0 heterocycles. The van der Waals surface area contributed by atoms with E-state index in [0.717, 1.165) is 18.8 Å². The third kappa shape index (κ3) is 7.95. The van der Waals surface area contributed by atoms with Crippen LogP contribution in [0.5, 0.6) is 0 Å². The minimum Gasteiger partial charge on any atom is -0.384 e. The van der Waals surface area contributed by atoms with Crippen molar-refractivity contribution in [2.45, 2.75) is 25.4 Å². The summed E-state index contributed by atoms with van der Waals surface area (Å²) in [5.74, 6) is 0. The fraction of sp³-hybridized carbons (Fsp3) is 0.538. The Labute approximate surface area is 106 Å². The number of hydrogen-bond acceptors (Lipinski definition) is 2. The summed E-state index contributed by atoms with van der Waals surface area (Å²) in [7, 11) is 0. The quantitative estimate of drug-likeness (QED) is 0.700. The Hall–Kier alpha value is -1.23. The fourth-order valence-corrected chi connectivity index (χ4v) is 1.55. The lowest BCUT2D eigenvalue weighted by Gasteiger charge is -2.08. The van der Waals surface area contributed by atoms with Gasteiger partial charge in [0.05, 0.1) is 0 Å². The highest BCUT2D eigenvalue weighted by Gasteiger charge is 2.25. The van der Waals surface area contributed by atoms with Gasteiger partial charge in [0.1, 0.15) is 0 Å². The summed E-state index contributed by atoms with van der Waals surface area (Å²) >= 11 is 0. The highest BCUT2D eigenvalue weighted by atomic mass is 19.4. The van der Waals surface area contributed by atoms with Gasteiger partial charge in [-0.2, -0.15) is 13.2 Å². The van der Waals surface area contributed by atoms with E-state index in [2.05, 4.69) is 10.6 Å². The Balaban J connectivity index is 1.90. The molecule has 1 aromatic carbocycles. The molecular weight excluding hydrogens is 241 g/mol. The second-order valence-electron chi connectivity index (χ2n) is 4.12. The average Bonchev–Trinajstić information content (AvgIpc) is 2.32. The van der Waals surface area contributed by atoms with Crippen LogP contribution >= 0.6 is 0 Å². The van der Waals surface area contributed by atoms with E-state index >= 15 is 0 Å². The Bertz CT molecular complexity index is 312. The van der Waals surface area contributed by atoms with Crippen molar-refractivity contribution in [1.29, 1.82) is 0 Å². The van der Waals surface area contributed by atoms with Gasteiger partial charge in [-0.1, -0.05) is 18.2 Å². The van der Waals surface area contributed by atoms with Crippen LogP contribution in [0.2, 0.25) is 0 Å². The number of anilines is 1. The number of para-hydroxylation sites is 1. The highest BCUT2D eigenvalue weighted by Crippen LogP contribution is 2.21. The molecule has 0 saturated carbocycles. The molecule has 0 aliphatic heterocycles. The van der Waals surface area contributed by atoms with Gasteiger partial charge < -0.3 is 10.6 Å². The van der Waals surface area contributed by atoms with E-state index in [-0.39, 0.29) is 6.42 Å². The molecule has 0 bridgehead atoms. The van der Waals surface area contributed by atoms with Crippen LogP contribution in [0.15, 0.2) is 30.3 Å². The summed E-state index contributed by atoms with van der Waals surface area (Å²) < 4.78 is 35.5. The monoisotopic (exact) mass is 260 g/mol. The molecule has 18 heavy (non-hydrogen) atoms. The first-order chi connectivity index (χ1) is 8.58. The Kier molecular flexibility index (Phi) is 6.57. The van der Waals surface area contributed by atoms with Gasteiger partial charge in [0.15, 0.2) is 0 Å².